The van der Waals surface area contributed by atoms with E-state index < -0.39 is 0 Å². The topological polar surface area (TPSA) is 59.4 Å². The van der Waals surface area contributed by atoms with E-state index >= 15 is 0 Å². The number of aromatic nitrogens is 2. The fourth-order valence-corrected chi connectivity index (χ4v) is 3.13. The molecule has 1 aromatic carbocycles. The SMILES string of the molecule is CNC[C@H]1CCN(C(=O)c2cnn(Cc3ccc(OC)cc3)c2)C1. The highest BCUT2D eigenvalue weighted by molar-refractivity contribution is 5.93. The van der Waals surface area contributed by atoms with Gasteiger partial charge in [-0.25, -0.2) is 0 Å². The van der Waals surface area contributed by atoms with E-state index in [0.717, 1.165) is 37.4 Å². The quantitative estimate of drug-likeness (QED) is 0.875. The van der Waals surface area contributed by atoms with Gasteiger partial charge >= 0.3 is 0 Å². The number of benzene rings is 1. The van der Waals surface area contributed by atoms with Crippen molar-refractivity contribution in [1.29, 1.82) is 0 Å². The Labute approximate surface area is 142 Å². The number of nitrogens with one attached hydrogen (secondary N) is 1. The number of carbonyl (C=O) groups excluding carboxylic acids is 1. The molecule has 0 spiro atoms. The van der Waals surface area contributed by atoms with Crippen molar-refractivity contribution in [2.45, 2.75) is 13.0 Å². The molecule has 1 saturated heterocycles. The minimum atomic E-state index is 0.0783. The van der Waals surface area contributed by atoms with Crippen molar-refractivity contribution in [2.24, 2.45) is 5.92 Å². The van der Waals surface area contributed by atoms with Gasteiger partial charge in [0.1, 0.15) is 5.75 Å². The van der Waals surface area contributed by atoms with Crippen LogP contribution in [0.3, 0.4) is 0 Å². The molecule has 128 valence electrons. The van der Waals surface area contributed by atoms with Crippen molar-refractivity contribution in [3.8, 4) is 5.75 Å². The fraction of sp³-hybridized carbons (Fsp3) is 0.444. The lowest BCUT2D eigenvalue weighted by molar-refractivity contribution is 0.0787. The molecule has 0 radical (unpaired) electrons. The highest BCUT2D eigenvalue weighted by Crippen LogP contribution is 2.18. The van der Waals surface area contributed by atoms with E-state index in [0.29, 0.717) is 18.0 Å². The summed E-state index contributed by atoms with van der Waals surface area (Å²) < 4.78 is 6.96. The standard InChI is InChI=1S/C18H24N4O2/c1-19-9-15-7-8-21(11-15)18(23)16-10-20-22(13-16)12-14-3-5-17(24-2)6-4-14/h3-6,10,13,15,19H,7-9,11-12H2,1-2H3/t15-/m1/s1. The number of ether oxygens (including phenoxy) is 1. The van der Waals surface area contributed by atoms with Gasteiger partial charge in [-0.1, -0.05) is 12.1 Å². The highest BCUT2D eigenvalue weighted by Gasteiger charge is 2.27. The number of carbonyl (C=O) groups is 1. The summed E-state index contributed by atoms with van der Waals surface area (Å²) in [4.78, 5) is 14.5. The summed E-state index contributed by atoms with van der Waals surface area (Å²) in [6, 6.07) is 7.86. The third-order valence-electron chi connectivity index (χ3n) is 4.45. The maximum atomic E-state index is 12.6. The number of hydrogen-bond donors (Lipinski definition) is 1. The Hall–Kier alpha value is -2.34. The molecule has 1 N–H and O–H groups in total. The molecule has 1 aliphatic rings. The minimum Gasteiger partial charge on any atom is -0.497 e. The van der Waals surface area contributed by atoms with Crippen molar-refractivity contribution in [3.05, 3.63) is 47.8 Å². The number of likely N-dealkylation sites (tertiary alicyclic amines) is 1. The maximum Gasteiger partial charge on any atom is 0.257 e. The summed E-state index contributed by atoms with van der Waals surface area (Å²) in [7, 11) is 3.60. The monoisotopic (exact) mass is 328 g/mol. The molecule has 3 rings (SSSR count). The van der Waals surface area contributed by atoms with E-state index in [4.69, 9.17) is 4.74 Å². The van der Waals surface area contributed by atoms with Crippen LogP contribution in [0.15, 0.2) is 36.7 Å². The van der Waals surface area contributed by atoms with E-state index in [1.54, 1.807) is 18.0 Å². The smallest absolute Gasteiger partial charge is 0.257 e. The van der Waals surface area contributed by atoms with Gasteiger partial charge in [-0.05, 0) is 43.6 Å². The highest BCUT2D eigenvalue weighted by atomic mass is 16.5. The van der Waals surface area contributed by atoms with E-state index in [1.165, 1.54) is 0 Å². The number of amides is 1. The van der Waals surface area contributed by atoms with Gasteiger partial charge in [-0.2, -0.15) is 5.10 Å². The van der Waals surface area contributed by atoms with Crippen LogP contribution in [0, 0.1) is 5.92 Å². The van der Waals surface area contributed by atoms with Crippen LogP contribution in [0.2, 0.25) is 0 Å². The number of nitrogens with zero attached hydrogens (tertiary/aromatic N) is 3. The lowest BCUT2D eigenvalue weighted by atomic mass is 10.1. The number of methoxy groups -OCH3 is 1. The summed E-state index contributed by atoms with van der Waals surface area (Å²) in [6.45, 7) is 3.25. The molecule has 0 saturated carbocycles. The summed E-state index contributed by atoms with van der Waals surface area (Å²) in [5.74, 6) is 1.46. The van der Waals surface area contributed by atoms with Gasteiger partial charge < -0.3 is 15.0 Å². The second-order valence-corrected chi connectivity index (χ2v) is 6.24. The Kier molecular flexibility index (Phi) is 5.15. The predicted octanol–water partition coefficient (Wildman–Crippen LogP) is 1.62. The van der Waals surface area contributed by atoms with E-state index in [2.05, 4.69) is 10.4 Å². The van der Waals surface area contributed by atoms with Crippen molar-refractivity contribution in [1.82, 2.24) is 20.0 Å². The molecule has 1 amide bonds. The third kappa shape index (κ3) is 3.76. The molecule has 0 unspecified atom stereocenters. The summed E-state index contributed by atoms with van der Waals surface area (Å²) in [5, 5.41) is 7.51. The molecule has 0 bridgehead atoms. The van der Waals surface area contributed by atoms with Gasteiger partial charge in [0, 0.05) is 19.3 Å². The minimum absolute atomic E-state index is 0.0783. The van der Waals surface area contributed by atoms with Gasteiger partial charge in [-0.15, -0.1) is 0 Å². The van der Waals surface area contributed by atoms with Gasteiger partial charge in [-0.3, -0.25) is 9.48 Å². The molecule has 1 aliphatic heterocycles. The largest absolute Gasteiger partial charge is 0.497 e. The molecule has 1 atom stereocenters. The molecule has 0 aliphatic carbocycles. The van der Waals surface area contributed by atoms with Gasteiger partial charge in [0.25, 0.3) is 5.91 Å². The first-order valence-electron chi connectivity index (χ1n) is 8.29. The van der Waals surface area contributed by atoms with Gasteiger partial charge in [0.05, 0.1) is 25.4 Å². The Balaban J connectivity index is 1.61. The molecule has 6 nitrogen and oxygen atoms in total. The first kappa shape index (κ1) is 16.5. The van der Waals surface area contributed by atoms with Crippen LogP contribution in [-0.4, -0.2) is 54.4 Å². The van der Waals surface area contributed by atoms with Gasteiger partial charge in [0.2, 0.25) is 0 Å². The summed E-state index contributed by atoms with van der Waals surface area (Å²) in [6.07, 6.45) is 4.56. The molecule has 1 aromatic heterocycles. The Morgan fingerprint density at radius 2 is 2.17 bits per heavy atom. The second-order valence-electron chi connectivity index (χ2n) is 6.24. The van der Waals surface area contributed by atoms with Crippen molar-refractivity contribution < 1.29 is 9.53 Å². The number of rotatable bonds is 6. The normalized spacial score (nSPS) is 17.2. The zero-order chi connectivity index (χ0) is 16.9. The molecular weight excluding hydrogens is 304 g/mol. The Morgan fingerprint density at radius 1 is 1.38 bits per heavy atom. The van der Waals surface area contributed by atoms with Crippen LogP contribution < -0.4 is 10.1 Å². The van der Waals surface area contributed by atoms with Crippen molar-refractivity contribution in [3.63, 3.8) is 0 Å². The van der Waals surface area contributed by atoms with Crippen LogP contribution >= 0.6 is 0 Å². The average molecular weight is 328 g/mol. The van der Waals surface area contributed by atoms with Crippen LogP contribution in [0.4, 0.5) is 0 Å². The van der Waals surface area contributed by atoms with Crippen LogP contribution in [0.5, 0.6) is 5.75 Å². The number of hydrogen-bond acceptors (Lipinski definition) is 4. The molecule has 6 heteroatoms. The Morgan fingerprint density at radius 3 is 2.88 bits per heavy atom. The second kappa shape index (κ2) is 7.49. The Bertz CT molecular complexity index is 681. The van der Waals surface area contributed by atoms with E-state index in [-0.39, 0.29) is 5.91 Å². The molecule has 2 aromatic rings. The summed E-state index contributed by atoms with van der Waals surface area (Å²) in [5.41, 5.74) is 1.78. The molecular formula is C18H24N4O2. The van der Waals surface area contributed by atoms with E-state index in [9.17, 15) is 4.79 Å². The third-order valence-corrected chi connectivity index (χ3v) is 4.45. The summed E-state index contributed by atoms with van der Waals surface area (Å²) >= 11 is 0. The van der Waals surface area contributed by atoms with Crippen molar-refractivity contribution in [2.75, 3.05) is 33.8 Å². The lowest BCUT2D eigenvalue weighted by Crippen LogP contribution is -2.30. The molecule has 24 heavy (non-hydrogen) atoms. The van der Waals surface area contributed by atoms with Crippen LogP contribution in [-0.2, 0) is 6.54 Å². The zero-order valence-electron chi connectivity index (χ0n) is 14.2. The van der Waals surface area contributed by atoms with Crippen LogP contribution in [0.25, 0.3) is 0 Å². The van der Waals surface area contributed by atoms with E-state index in [1.807, 2.05) is 42.4 Å². The first-order valence-corrected chi connectivity index (χ1v) is 8.29. The van der Waals surface area contributed by atoms with Crippen LogP contribution in [0.1, 0.15) is 22.3 Å². The zero-order valence-corrected chi connectivity index (χ0v) is 14.2. The maximum absolute atomic E-state index is 12.6. The lowest BCUT2D eigenvalue weighted by Gasteiger charge is -2.15. The predicted molar refractivity (Wildman–Crippen MR) is 92.3 cm³/mol. The first-order chi connectivity index (χ1) is 11.7. The molecule has 2 heterocycles. The average Bonchev–Trinajstić information content (AvgIpc) is 3.25. The van der Waals surface area contributed by atoms with Gasteiger partial charge in [0.15, 0.2) is 0 Å². The molecule has 1 fully saturated rings. The fourth-order valence-electron chi connectivity index (χ4n) is 3.13. The van der Waals surface area contributed by atoms with Crippen molar-refractivity contribution >= 4 is 5.91 Å².